The van der Waals surface area contributed by atoms with E-state index >= 15 is 0 Å². The Balaban J connectivity index is 0.00000277. The first-order valence-corrected chi connectivity index (χ1v) is 7.75. The number of hydrogen-bond donors (Lipinski definition) is 2. The molecule has 0 spiro atoms. The van der Waals surface area contributed by atoms with Crippen molar-refractivity contribution in [3.05, 3.63) is 59.8 Å². The smallest absolute Gasteiger partial charge is 0.106 e. The second-order valence-corrected chi connectivity index (χ2v) is 5.71. The van der Waals surface area contributed by atoms with Crippen molar-refractivity contribution in [3.8, 4) is 6.07 Å². The van der Waals surface area contributed by atoms with Gasteiger partial charge in [-0.2, -0.15) is 5.26 Å². The molecule has 0 bridgehead atoms. The fourth-order valence-electron chi connectivity index (χ4n) is 2.62. The van der Waals surface area contributed by atoms with Crippen LogP contribution in [0.15, 0.2) is 43.1 Å². The van der Waals surface area contributed by atoms with Crippen LogP contribution in [0.25, 0.3) is 6.08 Å². The Kier molecular flexibility index (Phi) is 9.80. The maximum absolute atomic E-state index is 9.97. The monoisotopic (exact) mass is 341 g/mol. The number of hydrogen-bond acceptors (Lipinski definition) is 5. The quantitative estimate of drug-likeness (QED) is 0.745. The van der Waals surface area contributed by atoms with Gasteiger partial charge in [0.1, 0.15) is 6.79 Å². The third-order valence-electron chi connectivity index (χ3n) is 3.70. The zero-order chi connectivity index (χ0) is 19.6. The summed E-state index contributed by atoms with van der Waals surface area (Å²) < 4.78 is 0. The lowest BCUT2D eigenvalue weighted by Crippen LogP contribution is -2.40. The summed E-state index contributed by atoms with van der Waals surface area (Å²) in [7, 11) is 3.79. The second kappa shape index (κ2) is 11.0. The number of likely N-dealkylation sites (N-methyl/N-ethyl adjacent to an activating group) is 1. The van der Waals surface area contributed by atoms with Gasteiger partial charge in [-0.1, -0.05) is 31.4 Å². The van der Waals surface area contributed by atoms with Crippen LogP contribution in [-0.4, -0.2) is 43.0 Å². The predicted octanol–water partition coefficient (Wildman–Crippen LogP) is 3.12. The summed E-state index contributed by atoms with van der Waals surface area (Å²) in [6.45, 7) is 13.4. The molecule has 25 heavy (non-hydrogen) atoms. The Morgan fingerprint density at radius 1 is 1.40 bits per heavy atom. The largest absolute Gasteiger partial charge is 0.391 e. The summed E-state index contributed by atoms with van der Waals surface area (Å²) in [5, 5.41) is 22.5. The molecule has 5 nitrogen and oxygen atoms in total. The highest BCUT2D eigenvalue weighted by Gasteiger charge is 2.21. The van der Waals surface area contributed by atoms with Crippen LogP contribution in [0.5, 0.6) is 0 Å². The minimum absolute atomic E-state index is 0.220. The minimum Gasteiger partial charge on any atom is -0.391 e. The van der Waals surface area contributed by atoms with E-state index in [9.17, 15) is 10.4 Å². The molecule has 2 N–H and O–H groups in total. The molecule has 0 saturated heterocycles. The summed E-state index contributed by atoms with van der Waals surface area (Å²) in [6, 6.07) is 5.61. The van der Waals surface area contributed by atoms with Crippen LogP contribution >= 0.6 is 0 Å². The third-order valence-corrected chi connectivity index (χ3v) is 3.70. The van der Waals surface area contributed by atoms with Gasteiger partial charge in [-0.3, -0.25) is 4.90 Å². The number of aliphatic hydroxyl groups excluding tert-OH is 1. The molecule has 0 aliphatic carbocycles. The Morgan fingerprint density at radius 3 is 2.44 bits per heavy atom. The second-order valence-electron chi connectivity index (χ2n) is 5.71. The molecule has 0 aromatic heterocycles. The highest BCUT2D eigenvalue weighted by atomic mass is 16.3. The Labute approximate surface area is 150 Å². The van der Waals surface area contributed by atoms with E-state index < -0.39 is 6.10 Å². The molecule has 1 aromatic carbocycles. The minimum atomic E-state index is -0.559. The van der Waals surface area contributed by atoms with Gasteiger partial charge in [-0.25, -0.2) is 0 Å². The van der Waals surface area contributed by atoms with E-state index in [4.69, 9.17) is 4.79 Å². The summed E-state index contributed by atoms with van der Waals surface area (Å²) in [4.78, 5) is 9.91. The first kappa shape index (κ1) is 22.3. The molecular formula is C20H27N3O2. The zero-order valence-electron chi connectivity index (χ0n) is 15.4. The summed E-state index contributed by atoms with van der Waals surface area (Å²) in [6.07, 6.45) is 4.87. The van der Waals surface area contributed by atoms with Crippen molar-refractivity contribution in [1.82, 2.24) is 4.90 Å². The van der Waals surface area contributed by atoms with Crippen molar-refractivity contribution in [1.29, 1.82) is 5.26 Å². The first-order valence-electron chi connectivity index (χ1n) is 7.75. The van der Waals surface area contributed by atoms with E-state index in [0.717, 1.165) is 16.8 Å². The summed E-state index contributed by atoms with van der Waals surface area (Å²) in [5.74, 6) is 0. The van der Waals surface area contributed by atoms with Gasteiger partial charge in [-0.05, 0) is 45.6 Å². The Bertz CT molecular complexity index is 662. The van der Waals surface area contributed by atoms with E-state index in [-0.39, 0.29) is 6.04 Å². The fourth-order valence-corrected chi connectivity index (χ4v) is 2.62. The topological polar surface area (TPSA) is 76.4 Å². The molecule has 0 fully saturated rings. The van der Waals surface area contributed by atoms with Crippen molar-refractivity contribution < 1.29 is 9.90 Å². The average molecular weight is 341 g/mol. The van der Waals surface area contributed by atoms with Crippen LogP contribution in [0, 0.1) is 18.3 Å². The van der Waals surface area contributed by atoms with Crippen molar-refractivity contribution in [2.24, 2.45) is 0 Å². The maximum atomic E-state index is 9.97. The number of allylic oxidation sites excluding steroid dienone is 2. The average Bonchev–Trinajstić information content (AvgIpc) is 2.55. The highest BCUT2D eigenvalue weighted by molar-refractivity contribution is 5.74. The van der Waals surface area contributed by atoms with Gasteiger partial charge in [0.25, 0.3) is 0 Å². The lowest BCUT2D eigenvalue weighted by molar-refractivity contribution is -0.0979. The predicted molar refractivity (Wildman–Crippen MR) is 104 cm³/mol. The first-order chi connectivity index (χ1) is 11.8. The van der Waals surface area contributed by atoms with Gasteiger partial charge in [0, 0.05) is 16.9 Å². The number of aliphatic hydroxyl groups is 1. The Morgan fingerprint density at radius 2 is 2.00 bits per heavy atom. The molecule has 2 atom stereocenters. The number of rotatable bonds is 7. The highest BCUT2D eigenvalue weighted by Crippen LogP contribution is 2.26. The molecule has 0 radical (unpaired) electrons. The zero-order valence-corrected chi connectivity index (χ0v) is 15.4. The van der Waals surface area contributed by atoms with Gasteiger partial charge in [-0.15, -0.1) is 0 Å². The molecular weight excluding hydrogens is 314 g/mol. The molecule has 0 unspecified atom stereocenters. The van der Waals surface area contributed by atoms with Crippen LogP contribution in [0.1, 0.15) is 23.6 Å². The SMILES string of the molecule is C=C/C=C\c1c(NC(=C)[C@H]([C@@H](C)O)N(C)C)ccc(C#N)c1C.C=O. The standard InChI is InChI=1S/C19H25N3O.CH2O/c1-7-8-9-17-13(2)16(12-20)10-11-18(17)21-14(3)19(15(4)23)22(5)6;1-2/h7-11,15,19,21,23H,1,3H2,2,4-6H3;1H2/b9-8-;/t15-,19-;/m1./s1. The number of nitriles is 1. The number of carbonyl (C=O) groups is 1. The molecule has 0 aliphatic rings. The molecule has 0 aliphatic heterocycles. The van der Waals surface area contributed by atoms with Crippen molar-refractivity contribution in [2.75, 3.05) is 19.4 Å². The van der Waals surface area contributed by atoms with E-state index in [1.54, 1.807) is 19.1 Å². The third kappa shape index (κ3) is 6.03. The van der Waals surface area contributed by atoms with Gasteiger partial charge in [0.2, 0.25) is 0 Å². The van der Waals surface area contributed by atoms with E-state index in [1.165, 1.54) is 0 Å². The van der Waals surface area contributed by atoms with E-state index in [0.29, 0.717) is 11.3 Å². The lowest BCUT2D eigenvalue weighted by atomic mass is 9.99. The van der Waals surface area contributed by atoms with E-state index in [1.807, 2.05) is 50.9 Å². The van der Waals surface area contributed by atoms with Crippen molar-refractivity contribution in [2.45, 2.75) is 26.0 Å². The number of benzene rings is 1. The van der Waals surface area contributed by atoms with Crippen LogP contribution in [0.4, 0.5) is 5.69 Å². The van der Waals surface area contributed by atoms with Gasteiger partial charge in [0.05, 0.1) is 23.8 Å². The molecule has 0 heterocycles. The molecule has 1 aromatic rings. The fraction of sp³-hybridized carbons (Fsp3) is 0.300. The van der Waals surface area contributed by atoms with Gasteiger partial charge < -0.3 is 15.2 Å². The van der Waals surface area contributed by atoms with Gasteiger partial charge in [0.15, 0.2) is 0 Å². The molecule has 5 heteroatoms. The summed E-state index contributed by atoms with van der Waals surface area (Å²) in [5.41, 5.74) is 3.97. The maximum Gasteiger partial charge on any atom is 0.106 e. The molecule has 134 valence electrons. The van der Waals surface area contributed by atoms with Crippen LogP contribution < -0.4 is 5.32 Å². The number of nitrogens with one attached hydrogen (secondary N) is 1. The van der Waals surface area contributed by atoms with Crippen molar-refractivity contribution >= 4 is 18.6 Å². The van der Waals surface area contributed by atoms with Gasteiger partial charge >= 0.3 is 0 Å². The Hall–Kier alpha value is -2.68. The van der Waals surface area contributed by atoms with Crippen LogP contribution in [0.2, 0.25) is 0 Å². The molecule has 0 amide bonds. The number of anilines is 1. The number of nitrogens with zero attached hydrogens (tertiary/aromatic N) is 2. The van der Waals surface area contributed by atoms with Crippen molar-refractivity contribution in [3.63, 3.8) is 0 Å². The van der Waals surface area contributed by atoms with E-state index in [2.05, 4.69) is 24.5 Å². The number of carbonyl (C=O) groups excluding carboxylic acids is 1. The van der Waals surface area contributed by atoms with Crippen LogP contribution in [0.3, 0.4) is 0 Å². The van der Waals surface area contributed by atoms with Crippen LogP contribution in [-0.2, 0) is 4.79 Å². The lowest BCUT2D eigenvalue weighted by Gasteiger charge is -2.30. The normalized spacial score (nSPS) is 12.7. The molecule has 0 saturated carbocycles. The summed E-state index contributed by atoms with van der Waals surface area (Å²) >= 11 is 0. The molecule has 1 rings (SSSR count).